The number of aromatic nitrogens is 1. The molecule has 132 valence electrons. The van der Waals surface area contributed by atoms with Gasteiger partial charge in [-0.25, -0.2) is 5.06 Å². The Labute approximate surface area is 157 Å². The molecule has 0 saturated heterocycles. The Kier molecular flexibility index (Phi) is 5.31. The molecule has 1 amide bonds. The summed E-state index contributed by atoms with van der Waals surface area (Å²) in [6, 6.07) is 9.44. The van der Waals surface area contributed by atoms with Gasteiger partial charge in [0, 0.05) is 23.9 Å². The largest absolute Gasteiger partial charge is 0.345 e. The third-order valence-corrected chi connectivity index (χ3v) is 4.83. The lowest BCUT2D eigenvalue weighted by Crippen LogP contribution is -2.25. The van der Waals surface area contributed by atoms with Crippen LogP contribution in [0.3, 0.4) is 0 Å². The lowest BCUT2D eigenvalue weighted by Gasteiger charge is -2.16. The molecule has 0 unspecified atom stereocenters. The number of hydrogen-bond donors (Lipinski definition) is 1. The third kappa shape index (κ3) is 3.32. The van der Waals surface area contributed by atoms with Crippen LogP contribution in [-0.2, 0) is 11.3 Å². The van der Waals surface area contributed by atoms with E-state index in [4.69, 9.17) is 17.1 Å². The van der Waals surface area contributed by atoms with E-state index in [1.165, 1.54) is 12.2 Å². The summed E-state index contributed by atoms with van der Waals surface area (Å²) in [5.41, 5.74) is 4.78. The topological polar surface area (TPSA) is 69.1 Å². The first kappa shape index (κ1) is 18.1. The number of aromatic amines is 1. The summed E-state index contributed by atoms with van der Waals surface area (Å²) in [7, 11) is 3.01. The van der Waals surface area contributed by atoms with Gasteiger partial charge in [-0.05, 0) is 48.6 Å². The quantitative estimate of drug-likeness (QED) is 0.651. The fraction of sp³-hybridized carbons (Fsp3) is 0.250. The number of rotatable bonds is 3. The van der Waals surface area contributed by atoms with Gasteiger partial charge in [0.15, 0.2) is 0 Å². The van der Waals surface area contributed by atoms with E-state index < -0.39 is 0 Å². The van der Waals surface area contributed by atoms with Crippen LogP contribution in [0.4, 0.5) is 0 Å². The molecule has 1 heterocycles. The third-order valence-electron chi connectivity index (χ3n) is 4.53. The summed E-state index contributed by atoms with van der Waals surface area (Å²) in [4.78, 5) is 20.3. The fourth-order valence-electron chi connectivity index (χ4n) is 3.13. The fourth-order valence-corrected chi connectivity index (χ4v) is 3.39. The number of allylic oxidation sites excluding steroid dienone is 1. The van der Waals surface area contributed by atoms with E-state index >= 15 is 0 Å². The van der Waals surface area contributed by atoms with Crippen molar-refractivity contribution in [2.24, 2.45) is 0 Å². The standard InChI is InChI=1S/C20H19N3O2S/c1-23(25-2)20(24)14-10-8-13(9-11-14)18-15-6-4-3-5-7-17(15)22-19(26)16(18)12-21/h5,7-11H,3-4,6H2,1-2H3,(H,22,26). The normalized spacial score (nSPS) is 12.8. The zero-order valence-electron chi connectivity index (χ0n) is 14.7. The first-order valence-electron chi connectivity index (χ1n) is 8.35. The van der Waals surface area contributed by atoms with E-state index in [0.29, 0.717) is 15.8 Å². The van der Waals surface area contributed by atoms with Crippen molar-refractivity contribution < 1.29 is 9.63 Å². The first-order chi connectivity index (χ1) is 12.6. The van der Waals surface area contributed by atoms with Gasteiger partial charge in [-0.3, -0.25) is 9.63 Å². The number of fused-ring (bicyclic) bond motifs is 1. The van der Waals surface area contributed by atoms with Crippen LogP contribution in [0.5, 0.6) is 0 Å². The molecule has 26 heavy (non-hydrogen) atoms. The molecule has 5 nitrogen and oxygen atoms in total. The molecule has 0 fully saturated rings. The summed E-state index contributed by atoms with van der Waals surface area (Å²) in [5, 5.41) is 10.8. The number of nitrogens with one attached hydrogen (secondary N) is 1. The molecule has 1 aliphatic rings. The van der Waals surface area contributed by atoms with Gasteiger partial charge in [0.05, 0.1) is 12.7 Å². The number of benzene rings is 1. The van der Waals surface area contributed by atoms with Crippen molar-refractivity contribution in [3.05, 3.63) is 57.4 Å². The number of nitrogens with zero attached hydrogens (tertiary/aromatic N) is 2. The lowest BCUT2D eigenvalue weighted by molar-refractivity contribution is -0.0756. The highest BCUT2D eigenvalue weighted by atomic mass is 32.1. The van der Waals surface area contributed by atoms with Gasteiger partial charge >= 0.3 is 0 Å². The minimum Gasteiger partial charge on any atom is -0.345 e. The van der Waals surface area contributed by atoms with Crippen molar-refractivity contribution in [3.8, 4) is 17.2 Å². The van der Waals surface area contributed by atoms with Gasteiger partial charge in [-0.15, -0.1) is 0 Å². The molecule has 0 spiro atoms. The van der Waals surface area contributed by atoms with Crippen LogP contribution in [0, 0.1) is 16.0 Å². The molecule has 0 aliphatic heterocycles. The maximum absolute atomic E-state index is 12.2. The van der Waals surface area contributed by atoms with Gasteiger partial charge < -0.3 is 4.98 Å². The molecular weight excluding hydrogens is 346 g/mol. The molecule has 2 aromatic rings. The van der Waals surface area contributed by atoms with E-state index in [1.54, 1.807) is 19.2 Å². The van der Waals surface area contributed by atoms with Crippen LogP contribution in [-0.4, -0.2) is 30.1 Å². The second-order valence-electron chi connectivity index (χ2n) is 6.07. The highest BCUT2D eigenvalue weighted by Crippen LogP contribution is 2.33. The molecule has 1 aromatic carbocycles. The van der Waals surface area contributed by atoms with Gasteiger partial charge in [0.2, 0.25) is 0 Å². The zero-order valence-corrected chi connectivity index (χ0v) is 15.5. The van der Waals surface area contributed by atoms with E-state index in [9.17, 15) is 10.1 Å². The summed E-state index contributed by atoms with van der Waals surface area (Å²) < 4.78 is 0.437. The van der Waals surface area contributed by atoms with Crippen molar-refractivity contribution in [3.63, 3.8) is 0 Å². The maximum atomic E-state index is 12.2. The molecule has 0 bridgehead atoms. The molecular formula is C20H19N3O2S. The Morgan fingerprint density at radius 3 is 2.73 bits per heavy atom. The van der Waals surface area contributed by atoms with E-state index in [0.717, 1.165) is 41.6 Å². The van der Waals surface area contributed by atoms with Crippen molar-refractivity contribution in [2.45, 2.75) is 19.3 Å². The summed E-state index contributed by atoms with van der Waals surface area (Å²) in [5.74, 6) is -0.230. The second kappa shape index (κ2) is 7.65. The first-order valence-corrected chi connectivity index (χ1v) is 8.76. The number of carbonyl (C=O) groups excluding carboxylic acids is 1. The number of H-pyrrole nitrogens is 1. The molecule has 0 atom stereocenters. The predicted molar refractivity (Wildman–Crippen MR) is 103 cm³/mol. The van der Waals surface area contributed by atoms with Gasteiger partial charge in [0.1, 0.15) is 10.7 Å². The van der Waals surface area contributed by atoms with E-state index in [-0.39, 0.29) is 5.91 Å². The Morgan fingerprint density at radius 1 is 1.35 bits per heavy atom. The van der Waals surface area contributed by atoms with Crippen LogP contribution in [0.25, 0.3) is 17.2 Å². The Bertz CT molecular complexity index is 968. The average Bonchev–Trinajstić information content (AvgIpc) is 2.91. The maximum Gasteiger partial charge on any atom is 0.277 e. The Balaban J connectivity index is 2.14. The zero-order chi connectivity index (χ0) is 18.7. The average molecular weight is 365 g/mol. The smallest absolute Gasteiger partial charge is 0.277 e. The molecule has 0 saturated carbocycles. The molecule has 1 aromatic heterocycles. The van der Waals surface area contributed by atoms with Crippen molar-refractivity contribution >= 4 is 24.2 Å². The monoisotopic (exact) mass is 365 g/mol. The van der Waals surface area contributed by atoms with Crippen LogP contribution in [0.15, 0.2) is 30.3 Å². The minimum atomic E-state index is -0.230. The molecule has 0 radical (unpaired) electrons. The SMILES string of the molecule is CON(C)C(=O)c1ccc(-c2c3c([nH]c(=S)c2C#N)C=CCCC3)cc1. The van der Waals surface area contributed by atoms with Gasteiger partial charge in [-0.1, -0.05) is 30.4 Å². The van der Waals surface area contributed by atoms with E-state index in [1.807, 2.05) is 18.2 Å². The highest BCUT2D eigenvalue weighted by Gasteiger charge is 2.18. The van der Waals surface area contributed by atoms with E-state index in [2.05, 4.69) is 17.1 Å². The Hall–Kier alpha value is -2.75. The predicted octanol–water partition coefficient (Wildman–Crippen LogP) is 4.27. The summed E-state index contributed by atoms with van der Waals surface area (Å²) in [6.07, 6.45) is 7.03. The summed E-state index contributed by atoms with van der Waals surface area (Å²) in [6.45, 7) is 0. The molecule has 6 heteroatoms. The van der Waals surface area contributed by atoms with Crippen LogP contribution >= 0.6 is 12.2 Å². The minimum absolute atomic E-state index is 0.230. The lowest BCUT2D eigenvalue weighted by atomic mass is 9.92. The second-order valence-corrected chi connectivity index (χ2v) is 6.47. The van der Waals surface area contributed by atoms with Crippen LogP contribution in [0.2, 0.25) is 0 Å². The van der Waals surface area contributed by atoms with Crippen LogP contribution < -0.4 is 0 Å². The molecule has 1 aliphatic carbocycles. The van der Waals surface area contributed by atoms with Gasteiger partial charge in [0.25, 0.3) is 5.91 Å². The molecule has 1 N–H and O–H groups in total. The van der Waals surface area contributed by atoms with Crippen molar-refractivity contribution in [2.75, 3.05) is 14.2 Å². The summed E-state index contributed by atoms with van der Waals surface area (Å²) >= 11 is 5.40. The van der Waals surface area contributed by atoms with Crippen molar-refractivity contribution in [1.29, 1.82) is 5.26 Å². The number of amides is 1. The van der Waals surface area contributed by atoms with Crippen molar-refractivity contribution in [1.82, 2.24) is 10.0 Å². The van der Waals surface area contributed by atoms with Crippen LogP contribution in [0.1, 0.15) is 40.0 Å². The number of hydrogen-bond acceptors (Lipinski definition) is 4. The van der Waals surface area contributed by atoms with Gasteiger partial charge in [-0.2, -0.15) is 5.26 Å². The number of hydroxylamine groups is 2. The number of nitriles is 1. The Morgan fingerprint density at radius 2 is 2.08 bits per heavy atom. The number of carbonyl (C=O) groups is 1. The highest BCUT2D eigenvalue weighted by molar-refractivity contribution is 7.71. The number of pyridine rings is 1. The molecule has 3 rings (SSSR count).